The molecule has 1 N–H and O–H groups in total. The largest absolute Gasteiger partial charge is 0.386 e. The molecule has 0 saturated heterocycles. The average molecular weight is 310 g/mol. The lowest BCUT2D eigenvalue weighted by molar-refractivity contribution is -0.120. The first-order chi connectivity index (χ1) is 11.0. The highest BCUT2D eigenvalue weighted by Gasteiger charge is 2.04. The molecule has 0 aliphatic rings. The molecule has 0 aromatic heterocycles. The van der Waals surface area contributed by atoms with E-state index < -0.39 is 0 Å². The Balaban J connectivity index is 1.78. The number of hydrogen-bond acceptors (Lipinski definition) is 4. The van der Waals surface area contributed by atoms with E-state index in [1.165, 1.54) is 12.5 Å². The fraction of sp³-hybridized carbons (Fsp3) is 0.167. The minimum Gasteiger partial charge on any atom is -0.386 e. The summed E-state index contributed by atoms with van der Waals surface area (Å²) in [5.74, 6) is -0.335. The van der Waals surface area contributed by atoms with Gasteiger partial charge in [-0.25, -0.2) is 0 Å². The summed E-state index contributed by atoms with van der Waals surface area (Å²) in [4.78, 5) is 27.8. The fourth-order valence-corrected chi connectivity index (χ4v) is 1.83. The number of ketones is 1. The smallest absolute Gasteiger partial charge is 0.265 e. The second-order valence-corrected chi connectivity index (χ2v) is 5.10. The van der Waals surface area contributed by atoms with Gasteiger partial charge in [-0.05, 0) is 43.7 Å². The maximum Gasteiger partial charge on any atom is 0.265 e. The molecule has 2 aromatic rings. The van der Waals surface area contributed by atoms with Crippen molar-refractivity contribution in [2.24, 2.45) is 5.16 Å². The van der Waals surface area contributed by atoms with Crippen molar-refractivity contribution in [3.8, 4) is 0 Å². The third-order valence-corrected chi connectivity index (χ3v) is 3.12. The van der Waals surface area contributed by atoms with Crippen LogP contribution in [-0.2, 0) is 9.63 Å². The summed E-state index contributed by atoms with van der Waals surface area (Å²) in [5.41, 5.74) is 3.27. The molecule has 0 aliphatic carbocycles. The van der Waals surface area contributed by atoms with Crippen LogP contribution in [0.3, 0.4) is 0 Å². The highest BCUT2D eigenvalue weighted by molar-refractivity contribution is 5.95. The van der Waals surface area contributed by atoms with E-state index in [1.54, 1.807) is 30.5 Å². The highest BCUT2D eigenvalue weighted by atomic mass is 16.6. The molecule has 118 valence electrons. The summed E-state index contributed by atoms with van der Waals surface area (Å²) in [6, 6.07) is 14.4. The van der Waals surface area contributed by atoms with Gasteiger partial charge >= 0.3 is 0 Å². The zero-order chi connectivity index (χ0) is 16.7. The first-order valence-electron chi connectivity index (χ1n) is 7.17. The molecule has 0 unspecified atom stereocenters. The van der Waals surface area contributed by atoms with Gasteiger partial charge in [-0.2, -0.15) is 0 Å². The Morgan fingerprint density at radius 1 is 1.09 bits per heavy atom. The summed E-state index contributed by atoms with van der Waals surface area (Å²) in [7, 11) is 0. The van der Waals surface area contributed by atoms with Crippen LogP contribution in [0, 0.1) is 6.92 Å². The molecule has 5 heteroatoms. The van der Waals surface area contributed by atoms with Crippen molar-refractivity contribution >= 4 is 23.6 Å². The summed E-state index contributed by atoms with van der Waals surface area (Å²) < 4.78 is 0. The zero-order valence-electron chi connectivity index (χ0n) is 13.1. The van der Waals surface area contributed by atoms with Gasteiger partial charge in [-0.3, -0.25) is 9.59 Å². The van der Waals surface area contributed by atoms with E-state index in [4.69, 9.17) is 4.84 Å². The molecule has 0 atom stereocenters. The predicted molar refractivity (Wildman–Crippen MR) is 89.8 cm³/mol. The van der Waals surface area contributed by atoms with Gasteiger partial charge in [0.05, 0.1) is 6.21 Å². The van der Waals surface area contributed by atoms with Crippen molar-refractivity contribution < 1.29 is 14.4 Å². The zero-order valence-corrected chi connectivity index (χ0v) is 13.1. The van der Waals surface area contributed by atoms with Gasteiger partial charge in [-0.15, -0.1) is 0 Å². The molecule has 0 radical (unpaired) electrons. The van der Waals surface area contributed by atoms with Crippen LogP contribution in [0.25, 0.3) is 0 Å². The molecule has 23 heavy (non-hydrogen) atoms. The third kappa shape index (κ3) is 5.39. The SMILES string of the molecule is CC(=O)c1ccc(NC(=O)CO/N=C\c2ccc(C)cc2)cc1. The monoisotopic (exact) mass is 310 g/mol. The summed E-state index contributed by atoms with van der Waals surface area (Å²) >= 11 is 0. The summed E-state index contributed by atoms with van der Waals surface area (Å²) in [6.07, 6.45) is 1.55. The molecule has 1 amide bonds. The number of Topliss-reactive ketones (excluding diaryl/α,β-unsaturated/α-hetero) is 1. The van der Waals surface area contributed by atoms with E-state index in [0.29, 0.717) is 11.3 Å². The summed E-state index contributed by atoms with van der Waals surface area (Å²) in [5, 5.41) is 6.42. The Morgan fingerprint density at radius 3 is 2.35 bits per heavy atom. The molecule has 2 rings (SSSR count). The van der Waals surface area contributed by atoms with Gasteiger partial charge in [0.15, 0.2) is 12.4 Å². The first kappa shape index (κ1) is 16.4. The Bertz CT molecular complexity index is 704. The fourth-order valence-electron chi connectivity index (χ4n) is 1.83. The van der Waals surface area contributed by atoms with Gasteiger partial charge in [-0.1, -0.05) is 35.0 Å². The van der Waals surface area contributed by atoms with E-state index in [9.17, 15) is 9.59 Å². The number of hydrogen-bond donors (Lipinski definition) is 1. The molecule has 0 heterocycles. The van der Waals surface area contributed by atoms with Crippen molar-refractivity contribution in [3.63, 3.8) is 0 Å². The van der Waals surface area contributed by atoms with Crippen LogP contribution >= 0.6 is 0 Å². The van der Waals surface area contributed by atoms with E-state index in [1.807, 2.05) is 31.2 Å². The molecule has 0 aliphatic heterocycles. The second kappa shape index (κ2) is 7.89. The number of carbonyl (C=O) groups is 2. The number of carbonyl (C=O) groups excluding carboxylic acids is 2. The quantitative estimate of drug-likeness (QED) is 0.506. The Morgan fingerprint density at radius 2 is 1.74 bits per heavy atom. The third-order valence-electron chi connectivity index (χ3n) is 3.12. The Kier molecular flexibility index (Phi) is 5.63. The number of amides is 1. The van der Waals surface area contributed by atoms with Gasteiger partial charge in [0.2, 0.25) is 0 Å². The number of nitrogens with zero attached hydrogens (tertiary/aromatic N) is 1. The van der Waals surface area contributed by atoms with Gasteiger partial charge in [0.25, 0.3) is 5.91 Å². The minimum atomic E-state index is -0.318. The van der Waals surface area contributed by atoms with Crippen molar-refractivity contribution in [2.75, 3.05) is 11.9 Å². The highest BCUT2D eigenvalue weighted by Crippen LogP contribution is 2.09. The number of anilines is 1. The molecule has 5 nitrogen and oxygen atoms in total. The lowest BCUT2D eigenvalue weighted by atomic mass is 10.1. The van der Waals surface area contributed by atoms with Crippen LogP contribution in [0.5, 0.6) is 0 Å². The number of rotatable bonds is 6. The lowest BCUT2D eigenvalue weighted by Gasteiger charge is -2.04. The number of nitrogens with one attached hydrogen (secondary N) is 1. The maximum absolute atomic E-state index is 11.7. The van der Waals surface area contributed by atoms with E-state index in [2.05, 4.69) is 10.5 Å². The number of oxime groups is 1. The molecular formula is C18H18N2O3. The van der Waals surface area contributed by atoms with Crippen molar-refractivity contribution in [3.05, 3.63) is 65.2 Å². The number of benzene rings is 2. The van der Waals surface area contributed by atoms with E-state index in [-0.39, 0.29) is 18.3 Å². The predicted octanol–water partition coefficient (Wildman–Crippen LogP) is 3.19. The Labute approximate surface area is 135 Å². The topological polar surface area (TPSA) is 67.8 Å². The Hall–Kier alpha value is -2.95. The summed E-state index contributed by atoms with van der Waals surface area (Å²) in [6.45, 7) is 3.31. The van der Waals surface area contributed by atoms with Gasteiger partial charge in [0, 0.05) is 11.3 Å². The van der Waals surface area contributed by atoms with Crippen molar-refractivity contribution in [1.29, 1.82) is 0 Å². The molecule has 0 spiro atoms. The molecule has 2 aromatic carbocycles. The lowest BCUT2D eigenvalue weighted by Crippen LogP contribution is -2.17. The molecule has 0 bridgehead atoms. The number of aryl methyl sites for hydroxylation is 1. The van der Waals surface area contributed by atoms with Crippen molar-refractivity contribution in [2.45, 2.75) is 13.8 Å². The van der Waals surface area contributed by atoms with Gasteiger partial charge < -0.3 is 10.2 Å². The van der Waals surface area contributed by atoms with Crippen LogP contribution in [0.1, 0.15) is 28.4 Å². The van der Waals surface area contributed by atoms with Crippen LogP contribution in [0.15, 0.2) is 53.7 Å². The van der Waals surface area contributed by atoms with E-state index in [0.717, 1.165) is 5.56 Å². The maximum atomic E-state index is 11.7. The average Bonchev–Trinajstić information content (AvgIpc) is 2.54. The van der Waals surface area contributed by atoms with Crippen molar-refractivity contribution in [1.82, 2.24) is 0 Å². The molecular weight excluding hydrogens is 292 g/mol. The van der Waals surface area contributed by atoms with E-state index >= 15 is 0 Å². The van der Waals surface area contributed by atoms with Gasteiger partial charge in [0.1, 0.15) is 0 Å². The van der Waals surface area contributed by atoms with Crippen LogP contribution in [-0.4, -0.2) is 24.5 Å². The molecule has 0 saturated carbocycles. The van der Waals surface area contributed by atoms with Crippen LogP contribution < -0.4 is 5.32 Å². The van der Waals surface area contributed by atoms with Crippen LogP contribution in [0.2, 0.25) is 0 Å². The second-order valence-electron chi connectivity index (χ2n) is 5.10. The molecule has 0 fully saturated rings. The standard InChI is InChI=1S/C18H18N2O3/c1-13-3-5-15(6-4-13)11-19-23-12-18(22)20-17-9-7-16(8-10-17)14(2)21/h3-11H,12H2,1-2H3,(H,20,22)/b19-11-. The van der Waals surface area contributed by atoms with Crippen LogP contribution in [0.4, 0.5) is 5.69 Å². The minimum absolute atomic E-state index is 0.0170. The normalized spacial score (nSPS) is 10.5. The first-order valence-corrected chi connectivity index (χ1v) is 7.17.